The van der Waals surface area contributed by atoms with Crippen LogP contribution in [0.2, 0.25) is 0 Å². The minimum absolute atomic E-state index is 0.0127. The van der Waals surface area contributed by atoms with Gasteiger partial charge in [0, 0.05) is 19.3 Å². The zero-order valence-electron chi connectivity index (χ0n) is 6.83. The van der Waals surface area contributed by atoms with Crippen LogP contribution in [0.1, 0.15) is 19.3 Å². The standard InChI is InChI=1S/C8H17NO2/c9-8(3-4-10)6-11-5-7-1-2-7/h7-8,10H,1-6,9H2. The van der Waals surface area contributed by atoms with Gasteiger partial charge in [-0.05, 0) is 25.2 Å². The Morgan fingerprint density at radius 2 is 2.27 bits per heavy atom. The Morgan fingerprint density at radius 1 is 1.55 bits per heavy atom. The first-order chi connectivity index (χ1) is 5.33. The molecule has 1 unspecified atom stereocenters. The van der Waals surface area contributed by atoms with E-state index in [0.29, 0.717) is 13.0 Å². The quantitative estimate of drug-likeness (QED) is 0.579. The summed E-state index contributed by atoms with van der Waals surface area (Å²) in [6, 6.07) is 0.0127. The average Bonchev–Trinajstić information content (AvgIpc) is 2.72. The maximum Gasteiger partial charge on any atom is 0.0618 e. The summed E-state index contributed by atoms with van der Waals surface area (Å²) in [4.78, 5) is 0. The highest BCUT2D eigenvalue weighted by molar-refractivity contribution is 4.72. The first-order valence-electron chi connectivity index (χ1n) is 4.27. The minimum Gasteiger partial charge on any atom is -0.396 e. The Kier molecular flexibility index (Phi) is 3.83. The summed E-state index contributed by atoms with van der Waals surface area (Å²) in [5, 5.41) is 8.52. The molecule has 1 atom stereocenters. The number of ether oxygens (including phenoxy) is 1. The van der Waals surface area contributed by atoms with Gasteiger partial charge < -0.3 is 15.6 Å². The van der Waals surface area contributed by atoms with Gasteiger partial charge in [-0.25, -0.2) is 0 Å². The van der Waals surface area contributed by atoms with Crippen LogP contribution < -0.4 is 5.73 Å². The Hall–Kier alpha value is -0.120. The molecule has 11 heavy (non-hydrogen) atoms. The summed E-state index contributed by atoms with van der Waals surface area (Å²) in [7, 11) is 0. The van der Waals surface area contributed by atoms with E-state index < -0.39 is 0 Å². The minimum atomic E-state index is 0.0127. The van der Waals surface area contributed by atoms with Crippen molar-refractivity contribution in [2.45, 2.75) is 25.3 Å². The number of rotatable bonds is 6. The van der Waals surface area contributed by atoms with Crippen molar-refractivity contribution in [2.75, 3.05) is 19.8 Å². The second-order valence-corrected chi connectivity index (χ2v) is 3.25. The van der Waals surface area contributed by atoms with Gasteiger partial charge in [-0.1, -0.05) is 0 Å². The third-order valence-electron chi connectivity index (χ3n) is 1.88. The maximum absolute atomic E-state index is 8.52. The molecule has 1 fully saturated rings. The fourth-order valence-electron chi connectivity index (χ4n) is 0.920. The number of nitrogens with two attached hydrogens (primary N) is 1. The zero-order valence-corrected chi connectivity index (χ0v) is 6.83. The molecule has 3 heteroatoms. The lowest BCUT2D eigenvalue weighted by molar-refractivity contribution is 0.104. The van der Waals surface area contributed by atoms with Crippen molar-refractivity contribution in [3.05, 3.63) is 0 Å². The van der Waals surface area contributed by atoms with Crippen molar-refractivity contribution < 1.29 is 9.84 Å². The number of aliphatic hydroxyl groups is 1. The molecule has 0 saturated heterocycles. The molecule has 0 aromatic rings. The van der Waals surface area contributed by atoms with E-state index in [0.717, 1.165) is 12.5 Å². The SMILES string of the molecule is NC(CCO)COCC1CC1. The van der Waals surface area contributed by atoms with Crippen LogP contribution >= 0.6 is 0 Å². The second kappa shape index (κ2) is 4.70. The molecular weight excluding hydrogens is 142 g/mol. The molecule has 0 aromatic carbocycles. The number of hydrogen-bond donors (Lipinski definition) is 2. The summed E-state index contributed by atoms with van der Waals surface area (Å²) >= 11 is 0. The number of hydrogen-bond acceptors (Lipinski definition) is 3. The summed E-state index contributed by atoms with van der Waals surface area (Å²) in [6.45, 7) is 1.62. The van der Waals surface area contributed by atoms with E-state index in [4.69, 9.17) is 15.6 Å². The topological polar surface area (TPSA) is 55.5 Å². The van der Waals surface area contributed by atoms with Gasteiger partial charge in [-0.3, -0.25) is 0 Å². The molecule has 0 aromatic heterocycles. The largest absolute Gasteiger partial charge is 0.396 e. The molecule has 0 spiro atoms. The molecule has 0 amide bonds. The molecule has 66 valence electrons. The summed E-state index contributed by atoms with van der Waals surface area (Å²) < 4.78 is 5.34. The van der Waals surface area contributed by atoms with E-state index >= 15 is 0 Å². The normalized spacial score (nSPS) is 20.2. The van der Waals surface area contributed by atoms with Gasteiger partial charge in [-0.2, -0.15) is 0 Å². The van der Waals surface area contributed by atoms with Crippen LogP contribution in [0.15, 0.2) is 0 Å². The molecular formula is C8H17NO2. The third kappa shape index (κ3) is 4.35. The van der Waals surface area contributed by atoms with Crippen molar-refractivity contribution in [3.63, 3.8) is 0 Å². The highest BCUT2D eigenvalue weighted by Crippen LogP contribution is 2.28. The van der Waals surface area contributed by atoms with E-state index in [9.17, 15) is 0 Å². The third-order valence-corrected chi connectivity index (χ3v) is 1.88. The van der Waals surface area contributed by atoms with Gasteiger partial charge in [0.05, 0.1) is 6.61 Å². The average molecular weight is 159 g/mol. The van der Waals surface area contributed by atoms with Gasteiger partial charge in [0.15, 0.2) is 0 Å². The lowest BCUT2D eigenvalue weighted by Gasteiger charge is -2.09. The Bertz CT molecular complexity index is 104. The van der Waals surface area contributed by atoms with E-state index in [1.54, 1.807) is 0 Å². The van der Waals surface area contributed by atoms with Crippen molar-refractivity contribution in [1.82, 2.24) is 0 Å². The van der Waals surface area contributed by atoms with Crippen LogP contribution in [0.3, 0.4) is 0 Å². The van der Waals surface area contributed by atoms with Crippen LogP contribution in [0.4, 0.5) is 0 Å². The van der Waals surface area contributed by atoms with Crippen LogP contribution in [0, 0.1) is 5.92 Å². The van der Waals surface area contributed by atoms with Crippen LogP contribution in [0.5, 0.6) is 0 Å². The molecule has 0 aliphatic heterocycles. The lowest BCUT2D eigenvalue weighted by Crippen LogP contribution is -2.27. The van der Waals surface area contributed by atoms with E-state index in [1.807, 2.05) is 0 Å². The number of aliphatic hydroxyl groups excluding tert-OH is 1. The molecule has 0 radical (unpaired) electrons. The predicted octanol–water partition coefficient (Wildman–Crippen LogP) is 0.123. The highest BCUT2D eigenvalue weighted by atomic mass is 16.5. The van der Waals surface area contributed by atoms with Crippen LogP contribution in [0.25, 0.3) is 0 Å². The van der Waals surface area contributed by atoms with Gasteiger partial charge in [-0.15, -0.1) is 0 Å². The maximum atomic E-state index is 8.52. The zero-order chi connectivity index (χ0) is 8.10. The molecule has 0 bridgehead atoms. The van der Waals surface area contributed by atoms with Crippen molar-refractivity contribution >= 4 is 0 Å². The monoisotopic (exact) mass is 159 g/mol. The molecule has 3 N–H and O–H groups in total. The molecule has 0 heterocycles. The molecule has 1 rings (SSSR count). The van der Waals surface area contributed by atoms with Gasteiger partial charge in [0.25, 0.3) is 0 Å². The lowest BCUT2D eigenvalue weighted by atomic mass is 10.2. The predicted molar refractivity (Wildman–Crippen MR) is 43.2 cm³/mol. The van der Waals surface area contributed by atoms with Crippen LogP contribution in [-0.4, -0.2) is 31.0 Å². The van der Waals surface area contributed by atoms with E-state index in [-0.39, 0.29) is 12.6 Å². The smallest absolute Gasteiger partial charge is 0.0618 e. The summed E-state index contributed by atoms with van der Waals surface area (Å²) in [5.74, 6) is 0.802. The Morgan fingerprint density at radius 3 is 2.82 bits per heavy atom. The Balaban J connectivity index is 1.84. The van der Waals surface area contributed by atoms with E-state index in [1.165, 1.54) is 12.8 Å². The Labute approximate surface area is 67.5 Å². The van der Waals surface area contributed by atoms with E-state index in [2.05, 4.69) is 0 Å². The second-order valence-electron chi connectivity index (χ2n) is 3.25. The molecule has 3 nitrogen and oxygen atoms in total. The highest BCUT2D eigenvalue weighted by Gasteiger charge is 2.21. The molecule has 1 saturated carbocycles. The molecule has 1 aliphatic carbocycles. The summed E-state index contributed by atoms with van der Waals surface area (Å²) in [5.41, 5.74) is 5.61. The molecule has 1 aliphatic rings. The van der Waals surface area contributed by atoms with Gasteiger partial charge in [0.1, 0.15) is 0 Å². The fraction of sp³-hybridized carbons (Fsp3) is 1.00. The first kappa shape index (κ1) is 8.97. The van der Waals surface area contributed by atoms with Crippen LogP contribution in [-0.2, 0) is 4.74 Å². The van der Waals surface area contributed by atoms with Crippen molar-refractivity contribution in [2.24, 2.45) is 11.7 Å². The first-order valence-corrected chi connectivity index (χ1v) is 4.27. The van der Waals surface area contributed by atoms with Crippen molar-refractivity contribution in [3.8, 4) is 0 Å². The van der Waals surface area contributed by atoms with Gasteiger partial charge >= 0.3 is 0 Å². The van der Waals surface area contributed by atoms with Gasteiger partial charge in [0.2, 0.25) is 0 Å². The summed E-state index contributed by atoms with van der Waals surface area (Å²) in [6.07, 6.45) is 3.27. The fourth-order valence-corrected chi connectivity index (χ4v) is 0.920. The van der Waals surface area contributed by atoms with Crippen molar-refractivity contribution in [1.29, 1.82) is 0 Å².